The maximum atomic E-state index is 11.7. The first kappa shape index (κ1) is 14.6. The largest absolute Gasteiger partial charge is 0.469 e. The number of benzene rings is 1. The molecule has 0 aliphatic heterocycles. The molecule has 0 radical (unpaired) electrons. The molecule has 0 fully saturated rings. The Balaban J connectivity index is 1.97. The first-order valence-electron chi connectivity index (χ1n) is 6.25. The molecule has 0 amide bonds. The lowest BCUT2D eigenvalue weighted by Gasteiger charge is -2.02. The van der Waals surface area contributed by atoms with Crippen LogP contribution < -0.4 is 5.73 Å². The minimum absolute atomic E-state index is 0.0148. The molecule has 0 aliphatic carbocycles. The summed E-state index contributed by atoms with van der Waals surface area (Å²) in [5.74, 6) is -1.02. The number of nitrogens with two attached hydrogens (primary N) is 1. The molecule has 0 unspecified atom stereocenters. The van der Waals surface area contributed by atoms with Crippen LogP contribution in [-0.4, -0.2) is 35.4 Å². The summed E-state index contributed by atoms with van der Waals surface area (Å²) in [7, 11) is 1.28. The number of esters is 2. The number of nitrogen functional groups attached to an aromatic ring is 1. The van der Waals surface area contributed by atoms with Gasteiger partial charge in [0.2, 0.25) is 0 Å². The molecule has 0 saturated heterocycles. The van der Waals surface area contributed by atoms with Crippen molar-refractivity contribution in [3.05, 3.63) is 42.2 Å². The molecule has 7 heteroatoms. The van der Waals surface area contributed by atoms with Gasteiger partial charge in [0.25, 0.3) is 0 Å². The molecular formula is C14H15N3O4. The van der Waals surface area contributed by atoms with Crippen LogP contribution in [0.4, 0.5) is 5.69 Å². The Morgan fingerprint density at radius 1 is 1.24 bits per heavy atom. The smallest absolute Gasteiger partial charge is 0.358 e. The van der Waals surface area contributed by atoms with Gasteiger partial charge in [0, 0.05) is 11.9 Å². The summed E-state index contributed by atoms with van der Waals surface area (Å²) in [5.41, 5.74) is 7.19. The van der Waals surface area contributed by atoms with E-state index in [2.05, 4.69) is 9.84 Å². The molecule has 21 heavy (non-hydrogen) atoms. The van der Waals surface area contributed by atoms with Crippen molar-refractivity contribution >= 4 is 17.6 Å². The van der Waals surface area contributed by atoms with Gasteiger partial charge in [-0.15, -0.1) is 0 Å². The third-order valence-electron chi connectivity index (χ3n) is 2.72. The SMILES string of the molecule is COC(=O)CCOC(=O)c1ccn(-c2ccc(N)cc2)n1. The predicted octanol–water partition coefficient (Wildman–Crippen LogP) is 1.17. The van der Waals surface area contributed by atoms with Gasteiger partial charge in [-0.1, -0.05) is 0 Å². The van der Waals surface area contributed by atoms with E-state index in [4.69, 9.17) is 10.5 Å². The number of carbonyl (C=O) groups excluding carboxylic acids is 2. The Morgan fingerprint density at radius 3 is 2.62 bits per heavy atom. The predicted molar refractivity (Wildman–Crippen MR) is 74.9 cm³/mol. The Bertz CT molecular complexity index is 634. The first-order chi connectivity index (χ1) is 10.1. The number of methoxy groups -OCH3 is 1. The Hall–Kier alpha value is -2.83. The van der Waals surface area contributed by atoms with E-state index in [0.29, 0.717) is 5.69 Å². The zero-order valence-corrected chi connectivity index (χ0v) is 11.5. The van der Waals surface area contributed by atoms with Crippen LogP contribution in [0.5, 0.6) is 0 Å². The zero-order chi connectivity index (χ0) is 15.2. The fraction of sp³-hybridized carbons (Fsp3) is 0.214. The van der Waals surface area contributed by atoms with Crippen molar-refractivity contribution in [2.45, 2.75) is 6.42 Å². The van der Waals surface area contributed by atoms with Gasteiger partial charge in [-0.2, -0.15) is 5.10 Å². The highest BCUT2D eigenvalue weighted by Crippen LogP contribution is 2.11. The van der Waals surface area contributed by atoms with Gasteiger partial charge in [-0.3, -0.25) is 4.79 Å². The van der Waals surface area contributed by atoms with E-state index >= 15 is 0 Å². The van der Waals surface area contributed by atoms with Crippen LogP contribution in [0.1, 0.15) is 16.9 Å². The second kappa shape index (κ2) is 6.56. The minimum Gasteiger partial charge on any atom is -0.469 e. The van der Waals surface area contributed by atoms with Crippen LogP contribution in [0, 0.1) is 0 Å². The second-order valence-electron chi connectivity index (χ2n) is 4.20. The molecule has 2 aromatic rings. The first-order valence-corrected chi connectivity index (χ1v) is 6.25. The molecule has 0 atom stereocenters. The van der Waals surface area contributed by atoms with Crippen molar-refractivity contribution in [1.82, 2.24) is 9.78 Å². The summed E-state index contributed by atoms with van der Waals surface area (Å²) in [6.07, 6.45) is 1.66. The number of anilines is 1. The van der Waals surface area contributed by atoms with E-state index in [0.717, 1.165) is 5.69 Å². The Kier molecular flexibility index (Phi) is 4.55. The maximum Gasteiger partial charge on any atom is 0.358 e. The molecule has 2 rings (SSSR count). The number of rotatable bonds is 5. The van der Waals surface area contributed by atoms with Gasteiger partial charge < -0.3 is 15.2 Å². The topological polar surface area (TPSA) is 96.4 Å². The van der Waals surface area contributed by atoms with Gasteiger partial charge >= 0.3 is 11.9 Å². The van der Waals surface area contributed by atoms with Crippen LogP contribution in [0.25, 0.3) is 5.69 Å². The lowest BCUT2D eigenvalue weighted by molar-refractivity contribution is -0.141. The zero-order valence-electron chi connectivity index (χ0n) is 11.5. The summed E-state index contributed by atoms with van der Waals surface area (Å²) in [6, 6.07) is 8.59. The van der Waals surface area contributed by atoms with Crippen LogP contribution in [0.15, 0.2) is 36.5 Å². The molecule has 0 bridgehead atoms. The molecule has 110 valence electrons. The summed E-state index contributed by atoms with van der Waals surface area (Å²) >= 11 is 0. The van der Waals surface area contributed by atoms with E-state index in [-0.39, 0.29) is 18.7 Å². The third-order valence-corrected chi connectivity index (χ3v) is 2.72. The molecule has 1 heterocycles. The van der Waals surface area contributed by atoms with Crippen LogP contribution >= 0.6 is 0 Å². The van der Waals surface area contributed by atoms with E-state index in [1.54, 1.807) is 30.5 Å². The van der Waals surface area contributed by atoms with Gasteiger partial charge in [0.05, 0.1) is 19.2 Å². The summed E-state index contributed by atoms with van der Waals surface area (Å²) in [4.78, 5) is 22.6. The third kappa shape index (κ3) is 3.82. The monoisotopic (exact) mass is 289 g/mol. The molecular weight excluding hydrogens is 274 g/mol. The molecule has 1 aromatic carbocycles. The summed E-state index contributed by atoms with van der Waals surface area (Å²) in [5, 5.41) is 4.11. The van der Waals surface area contributed by atoms with Crippen LogP contribution in [-0.2, 0) is 14.3 Å². The van der Waals surface area contributed by atoms with Gasteiger partial charge in [-0.05, 0) is 30.3 Å². The van der Waals surface area contributed by atoms with E-state index in [1.165, 1.54) is 17.9 Å². The quantitative estimate of drug-likeness (QED) is 0.655. The molecule has 0 saturated carbocycles. The summed E-state index contributed by atoms with van der Waals surface area (Å²) < 4.78 is 10.9. The van der Waals surface area contributed by atoms with Crippen LogP contribution in [0.3, 0.4) is 0 Å². The number of hydrogen-bond acceptors (Lipinski definition) is 6. The number of aromatic nitrogens is 2. The molecule has 1 aromatic heterocycles. The fourth-order valence-electron chi connectivity index (χ4n) is 1.61. The van der Waals surface area contributed by atoms with Crippen molar-refractivity contribution in [3.63, 3.8) is 0 Å². The standard InChI is InChI=1S/C14H15N3O4/c1-20-13(18)7-9-21-14(19)12-6-8-17(16-12)11-4-2-10(15)3-5-11/h2-6,8H,7,9,15H2,1H3. The normalized spacial score (nSPS) is 10.1. The number of carbonyl (C=O) groups is 2. The van der Waals surface area contributed by atoms with Crippen molar-refractivity contribution in [3.8, 4) is 5.69 Å². The highest BCUT2D eigenvalue weighted by molar-refractivity contribution is 5.87. The summed E-state index contributed by atoms with van der Waals surface area (Å²) in [6.45, 7) is -0.0414. The molecule has 0 aliphatic rings. The van der Waals surface area contributed by atoms with E-state index < -0.39 is 11.9 Å². The fourth-order valence-corrected chi connectivity index (χ4v) is 1.61. The average Bonchev–Trinajstić information content (AvgIpc) is 2.97. The van der Waals surface area contributed by atoms with E-state index in [9.17, 15) is 9.59 Å². The molecule has 7 nitrogen and oxygen atoms in total. The maximum absolute atomic E-state index is 11.7. The van der Waals surface area contributed by atoms with Gasteiger partial charge in [0.1, 0.15) is 6.61 Å². The lowest BCUT2D eigenvalue weighted by atomic mass is 10.3. The van der Waals surface area contributed by atoms with Crippen molar-refractivity contribution in [2.24, 2.45) is 0 Å². The van der Waals surface area contributed by atoms with Crippen molar-refractivity contribution in [2.75, 3.05) is 19.5 Å². The van der Waals surface area contributed by atoms with E-state index in [1.807, 2.05) is 0 Å². The second-order valence-corrected chi connectivity index (χ2v) is 4.20. The minimum atomic E-state index is -0.590. The van der Waals surface area contributed by atoms with Gasteiger partial charge in [-0.25, -0.2) is 9.48 Å². The molecule has 0 spiro atoms. The highest BCUT2D eigenvalue weighted by Gasteiger charge is 2.12. The van der Waals surface area contributed by atoms with Gasteiger partial charge in [0.15, 0.2) is 5.69 Å². The van der Waals surface area contributed by atoms with Crippen LogP contribution in [0.2, 0.25) is 0 Å². The Labute approximate surface area is 121 Å². The Morgan fingerprint density at radius 2 is 1.95 bits per heavy atom. The number of hydrogen-bond donors (Lipinski definition) is 1. The number of nitrogens with zero attached hydrogens (tertiary/aromatic N) is 2. The van der Waals surface area contributed by atoms with Crippen molar-refractivity contribution < 1.29 is 19.1 Å². The lowest BCUT2D eigenvalue weighted by Crippen LogP contribution is -2.11. The number of ether oxygens (including phenoxy) is 2. The average molecular weight is 289 g/mol. The highest BCUT2D eigenvalue weighted by atomic mass is 16.5. The van der Waals surface area contributed by atoms with Crippen molar-refractivity contribution in [1.29, 1.82) is 0 Å². The molecule has 2 N–H and O–H groups in total.